The Morgan fingerprint density at radius 3 is 2.79 bits per heavy atom. The summed E-state index contributed by atoms with van der Waals surface area (Å²) in [4.78, 5) is 28.1. The molecule has 10 heteroatoms. The highest BCUT2D eigenvalue weighted by atomic mass is 19.1. The predicted octanol–water partition coefficient (Wildman–Crippen LogP) is 3.33. The Balaban J connectivity index is 1.44. The van der Waals surface area contributed by atoms with Crippen LogP contribution in [0.25, 0.3) is 28.5 Å². The standard InChI is InChI=1S/C24H26FN7O2/c1-24(2,26)21(33)31-11-3-4-17(14-31)28-22-27-10-9-18(29-22)20-19(15-5-7-16(25)8-6-15)30-23-32(20)12-13-34-23/h5-10,12-13,17H,3-4,11,14,26H2,1-2H3,(H,27,28,29)/t17-/m1/s1. The maximum Gasteiger partial charge on any atom is 0.306 e. The molecule has 1 aliphatic heterocycles. The van der Waals surface area contributed by atoms with E-state index in [1.807, 2.05) is 0 Å². The van der Waals surface area contributed by atoms with Crippen molar-refractivity contribution >= 4 is 17.7 Å². The minimum Gasteiger partial charge on any atom is -0.432 e. The van der Waals surface area contributed by atoms with Gasteiger partial charge in [0.25, 0.3) is 0 Å². The second-order valence-electron chi connectivity index (χ2n) is 9.09. The number of nitrogens with zero attached hydrogens (tertiary/aromatic N) is 5. The number of carbonyl (C=O) groups is 1. The number of imidazole rings is 1. The van der Waals surface area contributed by atoms with E-state index >= 15 is 0 Å². The van der Waals surface area contributed by atoms with Crippen molar-refractivity contribution in [1.29, 1.82) is 0 Å². The average molecular weight is 464 g/mol. The van der Waals surface area contributed by atoms with Gasteiger partial charge < -0.3 is 20.4 Å². The Hall–Kier alpha value is -3.79. The molecule has 1 amide bonds. The molecule has 0 aliphatic carbocycles. The molecule has 0 spiro atoms. The molecule has 4 aromatic rings. The van der Waals surface area contributed by atoms with Crippen LogP contribution in [0.15, 0.2) is 53.4 Å². The molecule has 1 atom stereocenters. The highest BCUT2D eigenvalue weighted by molar-refractivity contribution is 5.85. The highest BCUT2D eigenvalue weighted by Crippen LogP contribution is 2.32. The van der Waals surface area contributed by atoms with Crippen LogP contribution in [0.3, 0.4) is 0 Å². The van der Waals surface area contributed by atoms with E-state index in [2.05, 4.69) is 15.3 Å². The van der Waals surface area contributed by atoms with Gasteiger partial charge in [-0.1, -0.05) is 0 Å². The van der Waals surface area contributed by atoms with Crippen LogP contribution in [0.2, 0.25) is 0 Å². The summed E-state index contributed by atoms with van der Waals surface area (Å²) in [5.74, 6) is 0.472. The second-order valence-corrected chi connectivity index (χ2v) is 9.09. The molecule has 1 aromatic carbocycles. The molecule has 176 valence electrons. The van der Waals surface area contributed by atoms with Crippen molar-refractivity contribution in [3.05, 3.63) is 54.8 Å². The Kier molecular flexibility index (Phi) is 5.52. The quantitative estimate of drug-likeness (QED) is 0.467. The second kappa shape index (κ2) is 8.53. The summed E-state index contributed by atoms with van der Waals surface area (Å²) in [6.07, 6.45) is 6.74. The van der Waals surface area contributed by atoms with E-state index in [0.717, 1.165) is 18.4 Å². The number of aromatic nitrogens is 4. The number of benzene rings is 1. The van der Waals surface area contributed by atoms with Crippen LogP contribution in [0.1, 0.15) is 26.7 Å². The van der Waals surface area contributed by atoms with Crippen LogP contribution in [0.4, 0.5) is 10.3 Å². The van der Waals surface area contributed by atoms with Gasteiger partial charge in [-0.15, -0.1) is 0 Å². The first-order valence-electron chi connectivity index (χ1n) is 11.2. The van der Waals surface area contributed by atoms with Crippen LogP contribution < -0.4 is 11.1 Å². The number of piperidine rings is 1. The number of oxazole rings is 1. The summed E-state index contributed by atoms with van der Waals surface area (Å²) < 4.78 is 20.8. The SMILES string of the molecule is CC(C)(N)C(=O)N1CCC[C@@H](Nc2nccc(-c3c(-c4ccc(F)cc4)nc4occn34)n2)C1. The molecular weight excluding hydrogens is 437 g/mol. The molecule has 0 radical (unpaired) electrons. The molecule has 9 nitrogen and oxygen atoms in total. The number of likely N-dealkylation sites (tertiary alicyclic amines) is 1. The number of halogens is 1. The molecule has 1 aliphatic rings. The molecule has 0 saturated carbocycles. The van der Waals surface area contributed by atoms with Crippen molar-refractivity contribution < 1.29 is 13.6 Å². The van der Waals surface area contributed by atoms with E-state index in [4.69, 9.17) is 15.1 Å². The van der Waals surface area contributed by atoms with Crippen molar-refractivity contribution in [1.82, 2.24) is 24.3 Å². The Bertz CT molecular complexity index is 1320. The van der Waals surface area contributed by atoms with Gasteiger partial charge in [0.05, 0.1) is 11.2 Å². The van der Waals surface area contributed by atoms with Crippen LogP contribution in [0.5, 0.6) is 0 Å². The van der Waals surface area contributed by atoms with E-state index < -0.39 is 5.54 Å². The molecule has 1 fully saturated rings. The van der Waals surface area contributed by atoms with Crippen LogP contribution in [0, 0.1) is 5.82 Å². The van der Waals surface area contributed by atoms with Crippen molar-refractivity contribution in [2.24, 2.45) is 5.73 Å². The third-order valence-electron chi connectivity index (χ3n) is 5.87. The number of hydrogen-bond acceptors (Lipinski definition) is 7. The van der Waals surface area contributed by atoms with Crippen molar-refractivity contribution in [2.45, 2.75) is 38.3 Å². The van der Waals surface area contributed by atoms with Crippen LogP contribution in [-0.2, 0) is 4.79 Å². The number of hydrogen-bond donors (Lipinski definition) is 2. The zero-order valence-corrected chi connectivity index (χ0v) is 19.0. The van der Waals surface area contributed by atoms with E-state index in [1.54, 1.807) is 60.0 Å². The molecule has 0 bridgehead atoms. The lowest BCUT2D eigenvalue weighted by Gasteiger charge is -2.36. The molecule has 0 unspecified atom stereocenters. The monoisotopic (exact) mass is 463 g/mol. The van der Waals surface area contributed by atoms with Gasteiger partial charge in [-0.3, -0.25) is 9.20 Å². The van der Waals surface area contributed by atoms with Crippen molar-refractivity contribution in [3.8, 4) is 22.6 Å². The lowest BCUT2D eigenvalue weighted by Crippen LogP contribution is -2.55. The molecule has 3 N–H and O–H groups in total. The third-order valence-corrected chi connectivity index (χ3v) is 5.87. The largest absolute Gasteiger partial charge is 0.432 e. The molecule has 1 saturated heterocycles. The summed E-state index contributed by atoms with van der Waals surface area (Å²) in [7, 11) is 0. The van der Waals surface area contributed by atoms with Gasteiger partial charge in [-0.05, 0) is 57.0 Å². The van der Waals surface area contributed by atoms with E-state index in [-0.39, 0.29) is 17.8 Å². The molecule has 3 aromatic heterocycles. The van der Waals surface area contributed by atoms with Crippen molar-refractivity contribution in [3.63, 3.8) is 0 Å². The Morgan fingerprint density at radius 2 is 2.03 bits per heavy atom. The first-order chi connectivity index (χ1) is 16.3. The minimum absolute atomic E-state index is 0.00579. The number of amides is 1. The van der Waals surface area contributed by atoms with Crippen LogP contribution >= 0.6 is 0 Å². The zero-order chi connectivity index (χ0) is 23.9. The number of fused-ring (bicyclic) bond motifs is 1. The van der Waals surface area contributed by atoms with Crippen molar-refractivity contribution in [2.75, 3.05) is 18.4 Å². The molecule has 34 heavy (non-hydrogen) atoms. The molecule has 5 rings (SSSR count). The fourth-order valence-corrected chi connectivity index (χ4v) is 4.27. The van der Waals surface area contributed by atoms with Gasteiger partial charge in [0, 0.05) is 37.1 Å². The van der Waals surface area contributed by atoms with Crippen LogP contribution in [-0.4, -0.2) is 54.8 Å². The van der Waals surface area contributed by atoms with Gasteiger partial charge in [0.15, 0.2) is 0 Å². The fraction of sp³-hybridized carbons (Fsp3) is 0.333. The summed E-state index contributed by atoms with van der Waals surface area (Å²) in [5, 5.41) is 3.37. The number of carbonyl (C=O) groups excluding carboxylic acids is 1. The Labute approximate surface area is 195 Å². The molecule has 4 heterocycles. The van der Waals surface area contributed by atoms with Gasteiger partial charge in [-0.25, -0.2) is 14.4 Å². The summed E-state index contributed by atoms with van der Waals surface area (Å²) in [5.41, 5.74) is 7.83. The molecular formula is C24H26FN7O2. The number of nitrogens with two attached hydrogens (primary N) is 1. The topological polar surface area (TPSA) is 115 Å². The third kappa shape index (κ3) is 4.24. The normalized spacial score (nSPS) is 16.7. The summed E-state index contributed by atoms with van der Waals surface area (Å²) in [6.45, 7) is 4.67. The van der Waals surface area contributed by atoms with Gasteiger partial charge in [-0.2, -0.15) is 4.98 Å². The maximum atomic E-state index is 13.5. The average Bonchev–Trinajstić information content (AvgIpc) is 3.40. The number of anilines is 1. The first-order valence-corrected chi connectivity index (χ1v) is 11.2. The minimum atomic E-state index is -0.910. The Morgan fingerprint density at radius 1 is 1.24 bits per heavy atom. The van der Waals surface area contributed by atoms with Gasteiger partial charge in [0.2, 0.25) is 11.9 Å². The van der Waals surface area contributed by atoms with E-state index in [0.29, 0.717) is 42.0 Å². The lowest BCUT2D eigenvalue weighted by molar-refractivity contribution is -0.136. The first kappa shape index (κ1) is 22.0. The fourth-order valence-electron chi connectivity index (χ4n) is 4.27. The highest BCUT2D eigenvalue weighted by Gasteiger charge is 2.31. The summed E-state index contributed by atoms with van der Waals surface area (Å²) >= 11 is 0. The number of nitrogens with one attached hydrogen (secondary N) is 1. The van der Waals surface area contributed by atoms with E-state index in [1.165, 1.54) is 12.1 Å². The lowest BCUT2D eigenvalue weighted by atomic mass is 10.0. The van der Waals surface area contributed by atoms with E-state index in [9.17, 15) is 9.18 Å². The zero-order valence-electron chi connectivity index (χ0n) is 19.0. The van der Waals surface area contributed by atoms with Gasteiger partial charge >= 0.3 is 5.84 Å². The van der Waals surface area contributed by atoms with Gasteiger partial charge in [0.1, 0.15) is 23.5 Å². The number of rotatable bonds is 5. The maximum absolute atomic E-state index is 13.5. The smallest absolute Gasteiger partial charge is 0.306 e. The predicted molar refractivity (Wildman–Crippen MR) is 125 cm³/mol. The summed E-state index contributed by atoms with van der Waals surface area (Å²) in [6, 6.07) is 7.94.